The first-order chi connectivity index (χ1) is 29.2. The quantitative estimate of drug-likeness (QED) is 0.142. The molecule has 10 aromatic rings. The van der Waals surface area contributed by atoms with Crippen LogP contribution in [-0.2, 0) is 0 Å². The summed E-state index contributed by atoms with van der Waals surface area (Å²) < 4.78 is 0. The summed E-state index contributed by atoms with van der Waals surface area (Å²) in [5, 5.41) is 2.48. The highest BCUT2D eigenvalue weighted by molar-refractivity contribution is 6.04. The largest absolute Gasteiger partial charge is 0.310 e. The predicted molar refractivity (Wildman–Crippen MR) is 251 cm³/mol. The maximum Gasteiger partial charge on any atom is 0.0467 e. The van der Waals surface area contributed by atoms with Crippen molar-refractivity contribution in [1.82, 2.24) is 0 Å². The van der Waals surface area contributed by atoms with Crippen LogP contribution in [0.2, 0.25) is 0 Å². The molecular weight excluding hydrogens is 711 g/mol. The molecule has 0 aliphatic carbocycles. The van der Waals surface area contributed by atoms with Crippen LogP contribution in [0.1, 0.15) is 0 Å². The third-order valence-corrected chi connectivity index (χ3v) is 11.2. The first-order valence-electron chi connectivity index (χ1n) is 20.2. The topological polar surface area (TPSA) is 3.24 Å². The Kier molecular flexibility index (Phi) is 9.68. The highest BCUT2D eigenvalue weighted by Gasteiger charge is 2.17. The molecule has 0 N–H and O–H groups in total. The molecule has 59 heavy (non-hydrogen) atoms. The van der Waals surface area contributed by atoms with E-state index < -0.39 is 0 Å². The second-order valence-electron chi connectivity index (χ2n) is 15.0. The molecule has 0 aliphatic heterocycles. The van der Waals surface area contributed by atoms with Crippen LogP contribution in [0.3, 0.4) is 0 Å². The van der Waals surface area contributed by atoms with Gasteiger partial charge in [0.15, 0.2) is 0 Å². The molecular formula is C58H41N. The molecule has 0 bridgehead atoms. The van der Waals surface area contributed by atoms with Gasteiger partial charge in [0.25, 0.3) is 0 Å². The molecule has 0 spiro atoms. The second-order valence-corrected chi connectivity index (χ2v) is 15.0. The lowest BCUT2D eigenvalue weighted by molar-refractivity contribution is 1.28. The minimum atomic E-state index is 1.09. The van der Waals surface area contributed by atoms with Crippen molar-refractivity contribution < 1.29 is 0 Å². The van der Waals surface area contributed by atoms with Gasteiger partial charge < -0.3 is 4.90 Å². The Morgan fingerprint density at radius 2 is 0.644 bits per heavy atom. The normalized spacial score (nSPS) is 11.1. The summed E-state index contributed by atoms with van der Waals surface area (Å²) in [5.41, 5.74) is 17.7. The Morgan fingerprint density at radius 1 is 0.220 bits per heavy atom. The number of benzene rings is 10. The van der Waals surface area contributed by atoms with Crippen molar-refractivity contribution in [2.24, 2.45) is 0 Å². The monoisotopic (exact) mass is 751 g/mol. The number of hydrogen-bond donors (Lipinski definition) is 0. The zero-order valence-electron chi connectivity index (χ0n) is 32.6. The maximum absolute atomic E-state index is 2.37. The van der Waals surface area contributed by atoms with E-state index in [1.807, 2.05) is 0 Å². The van der Waals surface area contributed by atoms with Gasteiger partial charge >= 0.3 is 0 Å². The highest BCUT2D eigenvalue weighted by Crippen LogP contribution is 2.42. The molecule has 0 saturated carbocycles. The van der Waals surface area contributed by atoms with Crippen molar-refractivity contribution >= 4 is 27.8 Å². The van der Waals surface area contributed by atoms with Crippen LogP contribution in [-0.4, -0.2) is 0 Å². The number of hydrogen-bond acceptors (Lipinski definition) is 1. The van der Waals surface area contributed by atoms with Gasteiger partial charge in [0.2, 0.25) is 0 Å². The van der Waals surface area contributed by atoms with Crippen LogP contribution < -0.4 is 4.90 Å². The number of anilines is 3. The molecule has 1 heteroatoms. The van der Waals surface area contributed by atoms with Crippen molar-refractivity contribution in [2.45, 2.75) is 0 Å². The number of rotatable bonds is 9. The molecule has 0 heterocycles. The van der Waals surface area contributed by atoms with Gasteiger partial charge in [-0.2, -0.15) is 0 Å². The fourth-order valence-electron chi connectivity index (χ4n) is 8.31. The van der Waals surface area contributed by atoms with Gasteiger partial charge in [0.05, 0.1) is 0 Å². The van der Waals surface area contributed by atoms with Gasteiger partial charge in [0.1, 0.15) is 0 Å². The summed E-state index contributed by atoms with van der Waals surface area (Å²) in [5.74, 6) is 0. The zero-order chi connectivity index (χ0) is 39.4. The summed E-state index contributed by atoms with van der Waals surface area (Å²) in [6, 6.07) is 89.8. The molecule has 0 amide bonds. The van der Waals surface area contributed by atoms with Crippen LogP contribution in [0.5, 0.6) is 0 Å². The third kappa shape index (κ3) is 7.34. The average Bonchev–Trinajstić information content (AvgIpc) is 3.33. The van der Waals surface area contributed by atoms with Crippen LogP contribution in [0, 0.1) is 0 Å². The summed E-state index contributed by atoms with van der Waals surface area (Å²) in [7, 11) is 0. The minimum Gasteiger partial charge on any atom is -0.310 e. The SMILES string of the molecule is c1ccc(-c2cc(-c3ccccc3)cc(-c3ccc(N(c4ccc(-c5c(-c6ccccc6)ccc6ccccc56)cc4)c4cccc(-c5ccccc5)c4)cc3)c2)cc1. The summed E-state index contributed by atoms with van der Waals surface area (Å²) in [6.45, 7) is 0. The van der Waals surface area contributed by atoms with E-state index in [-0.39, 0.29) is 0 Å². The smallest absolute Gasteiger partial charge is 0.0467 e. The zero-order valence-corrected chi connectivity index (χ0v) is 32.6. The van der Waals surface area contributed by atoms with E-state index >= 15 is 0 Å². The van der Waals surface area contributed by atoms with E-state index in [1.165, 1.54) is 77.5 Å². The van der Waals surface area contributed by atoms with Crippen molar-refractivity contribution in [3.63, 3.8) is 0 Å². The summed E-state index contributed by atoms with van der Waals surface area (Å²) in [6.07, 6.45) is 0. The number of nitrogens with zero attached hydrogens (tertiary/aromatic N) is 1. The van der Waals surface area contributed by atoms with Gasteiger partial charge in [-0.15, -0.1) is 0 Å². The molecule has 0 aliphatic rings. The first kappa shape index (κ1) is 35.7. The highest BCUT2D eigenvalue weighted by atomic mass is 15.1. The van der Waals surface area contributed by atoms with Crippen molar-refractivity contribution in [1.29, 1.82) is 0 Å². The van der Waals surface area contributed by atoms with Crippen molar-refractivity contribution in [3.8, 4) is 66.8 Å². The van der Waals surface area contributed by atoms with E-state index in [0.717, 1.165) is 17.1 Å². The maximum atomic E-state index is 2.37. The molecule has 0 unspecified atom stereocenters. The van der Waals surface area contributed by atoms with E-state index in [1.54, 1.807) is 0 Å². The van der Waals surface area contributed by atoms with Crippen LogP contribution in [0.4, 0.5) is 17.1 Å². The van der Waals surface area contributed by atoms with Crippen molar-refractivity contribution in [2.75, 3.05) is 4.90 Å². The molecule has 10 aromatic carbocycles. The fourth-order valence-corrected chi connectivity index (χ4v) is 8.31. The lowest BCUT2D eigenvalue weighted by Crippen LogP contribution is -2.10. The van der Waals surface area contributed by atoms with Gasteiger partial charge in [-0.05, 0) is 132 Å². The van der Waals surface area contributed by atoms with Gasteiger partial charge in [-0.25, -0.2) is 0 Å². The standard InChI is InChI=1S/C58H41N/c1-5-16-42(17-6-1)49-25-15-26-55(41-49)59(54-35-30-48(31-36-54)58-56-27-14-13-24-47(56)32-37-57(58)46-22-11-4-12-23-46)53-33-28-45(29-34-53)52-39-50(43-18-7-2-8-19-43)38-51(40-52)44-20-9-3-10-21-44/h1-41H. The summed E-state index contributed by atoms with van der Waals surface area (Å²) in [4.78, 5) is 2.37. The number of fused-ring (bicyclic) bond motifs is 1. The van der Waals surface area contributed by atoms with E-state index in [2.05, 4.69) is 254 Å². The van der Waals surface area contributed by atoms with E-state index in [4.69, 9.17) is 0 Å². The fraction of sp³-hybridized carbons (Fsp3) is 0. The Bertz CT molecular complexity index is 2930. The summed E-state index contributed by atoms with van der Waals surface area (Å²) >= 11 is 0. The minimum absolute atomic E-state index is 1.09. The van der Waals surface area contributed by atoms with Crippen LogP contribution >= 0.6 is 0 Å². The lowest BCUT2D eigenvalue weighted by atomic mass is 9.89. The molecule has 1 nitrogen and oxygen atoms in total. The van der Waals surface area contributed by atoms with E-state index in [0.29, 0.717) is 0 Å². The molecule has 0 fully saturated rings. The molecule has 0 radical (unpaired) electrons. The molecule has 0 aromatic heterocycles. The Balaban J connectivity index is 1.08. The molecule has 0 saturated heterocycles. The lowest BCUT2D eigenvalue weighted by Gasteiger charge is -2.27. The second kappa shape index (κ2) is 16.0. The average molecular weight is 752 g/mol. The molecule has 10 rings (SSSR count). The van der Waals surface area contributed by atoms with Gasteiger partial charge in [-0.3, -0.25) is 0 Å². The van der Waals surface area contributed by atoms with Gasteiger partial charge in [-0.1, -0.05) is 194 Å². The molecule has 278 valence electrons. The van der Waals surface area contributed by atoms with E-state index in [9.17, 15) is 0 Å². The van der Waals surface area contributed by atoms with Crippen LogP contribution in [0.25, 0.3) is 77.5 Å². The Morgan fingerprint density at radius 3 is 1.19 bits per heavy atom. The third-order valence-electron chi connectivity index (χ3n) is 11.2. The Hall–Kier alpha value is -7.74. The first-order valence-corrected chi connectivity index (χ1v) is 20.2. The van der Waals surface area contributed by atoms with Crippen LogP contribution in [0.15, 0.2) is 249 Å². The van der Waals surface area contributed by atoms with Crippen molar-refractivity contribution in [3.05, 3.63) is 249 Å². The molecule has 0 atom stereocenters. The predicted octanol–water partition coefficient (Wildman–Crippen LogP) is 16.3. The van der Waals surface area contributed by atoms with Gasteiger partial charge in [0, 0.05) is 17.1 Å². The Labute approximate surface area is 346 Å².